The van der Waals surface area contributed by atoms with Crippen LogP contribution in [0.1, 0.15) is 11.1 Å². The minimum absolute atomic E-state index is 0.102. The number of nitrogens with zero attached hydrogens (tertiary/aromatic N) is 1. The highest BCUT2D eigenvalue weighted by molar-refractivity contribution is 6.31. The number of nitrogens with one attached hydrogen (secondary N) is 1. The molecule has 29 heavy (non-hydrogen) atoms. The summed E-state index contributed by atoms with van der Waals surface area (Å²) in [5.74, 6) is -0.433. The second-order valence-corrected chi connectivity index (χ2v) is 6.29. The van der Waals surface area contributed by atoms with Crippen LogP contribution in [0.15, 0.2) is 42.0 Å². The standard InChI is InChI=1S/C21H19ClN2O5/c1-13-4-6-16(22)10-17(13)24-21(26)15(11-23)8-14-5-7-18(19(9-14)27-2)29-12-20(25)28-3/h4-10H,12H2,1-3H3,(H,24,26). The van der Waals surface area contributed by atoms with Crippen LogP contribution < -0.4 is 14.8 Å². The van der Waals surface area contributed by atoms with Crippen molar-refractivity contribution < 1.29 is 23.8 Å². The van der Waals surface area contributed by atoms with Gasteiger partial charge in [-0.05, 0) is 48.4 Å². The van der Waals surface area contributed by atoms with E-state index in [-0.39, 0.29) is 12.2 Å². The Kier molecular flexibility index (Phi) is 7.63. The number of ether oxygens (including phenoxy) is 3. The van der Waals surface area contributed by atoms with Crippen molar-refractivity contribution >= 4 is 35.2 Å². The summed E-state index contributed by atoms with van der Waals surface area (Å²) in [7, 11) is 2.70. The number of hydrogen-bond donors (Lipinski definition) is 1. The average Bonchev–Trinajstić information content (AvgIpc) is 2.72. The third-order valence-corrected chi connectivity index (χ3v) is 4.12. The Balaban J connectivity index is 2.23. The summed E-state index contributed by atoms with van der Waals surface area (Å²) in [6, 6.07) is 11.8. The highest BCUT2D eigenvalue weighted by Gasteiger charge is 2.13. The highest BCUT2D eigenvalue weighted by Crippen LogP contribution is 2.29. The van der Waals surface area contributed by atoms with Gasteiger partial charge in [-0.15, -0.1) is 0 Å². The van der Waals surface area contributed by atoms with Gasteiger partial charge in [-0.25, -0.2) is 4.79 Å². The van der Waals surface area contributed by atoms with Crippen molar-refractivity contribution in [3.63, 3.8) is 0 Å². The van der Waals surface area contributed by atoms with Gasteiger partial charge in [0.1, 0.15) is 11.6 Å². The van der Waals surface area contributed by atoms with Crippen molar-refractivity contribution in [3.8, 4) is 17.6 Å². The van der Waals surface area contributed by atoms with Crippen molar-refractivity contribution in [1.29, 1.82) is 5.26 Å². The quantitative estimate of drug-likeness (QED) is 0.421. The maximum Gasteiger partial charge on any atom is 0.343 e. The average molecular weight is 415 g/mol. The first-order chi connectivity index (χ1) is 13.9. The molecule has 0 bridgehead atoms. The fourth-order valence-corrected chi connectivity index (χ4v) is 2.49. The van der Waals surface area contributed by atoms with E-state index in [0.717, 1.165) is 5.56 Å². The molecule has 150 valence electrons. The van der Waals surface area contributed by atoms with E-state index in [9.17, 15) is 14.9 Å². The molecular formula is C21H19ClN2O5. The Labute approximate surface area is 173 Å². The van der Waals surface area contributed by atoms with Crippen LogP contribution in [0.2, 0.25) is 5.02 Å². The van der Waals surface area contributed by atoms with Crippen LogP contribution in [-0.4, -0.2) is 32.7 Å². The van der Waals surface area contributed by atoms with Crippen LogP contribution in [0.5, 0.6) is 11.5 Å². The first-order valence-corrected chi connectivity index (χ1v) is 8.82. The van der Waals surface area contributed by atoms with Gasteiger partial charge in [-0.1, -0.05) is 23.7 Å². The fraction of sp³-hybridized carbons (Fsp3) is 0.190. The van der Waals surface area contributed by atoms with E-state index in [2.05, 4.69) is 10.1 Å². The van der Waals surface area contributed by atoms with E-state index >= 15 is 0 Å². The number of methoxy groups -OCH3 is 2. The lowest BCUT2D eigenvalue weighted by Gasteiger charge is -2.11. The smallest absolute Gasteiger partial charge is 0.343 e. The lowest BCUT2D eigenvalue weighted by Crippen LogP contribution is -2.14. The molecule has 2 aromatic carbocycles. The van der Waals surface area contributed by atoms with Crippen LogP contribution in [0.3, 0.4) is 0 Å². The monoisotopic (exact) mass is 414 g/mol. The second-order valence-electron chi connectivity index (χ2n) is 5.86. The molecule has 0 atom stereocenters. The number of hydrogen-bond acceptors (Lipinski definition) is 6. The number of amides is 1. The largest absolute Gasteiger partial charge is 0.493 e. The van der Waals surface area contributed by atoms with E-state index in [1.165, 1.54) is 20.3 Å². The number of anilines is 1. The molecule has 0 unspecified atom stereocenters. The molecule has 0 saturated carbocycles. The summed E-state index contributed by atoms with van der Waals surface area (Å²) >= 11 is 5.96. The predicted octanol–water partition coefficient (Wildman–Crippen LogP) is 3.75. The number of nitriles is 1. The van der Waals surface area contributed by atoms with Crippen LogP contribution in [0.25, 0.3) is 6.08 Å². The van der Waals surface area contributed by atoms with E-state index in [1.807, 2.05) is 13.0 Å². The number of carbonyl (C=O) groups is 2. The SMILES string of the molecule is COC(=O)COc1ccc(C=C(C#N)C(=O)Nc2cc(Cl)ccc2C)cc1OC. The first-order valence-electron chi connectivity index (χ1n) is 8.45. The number of rotatable bonds is 7. The molecule has 7 nitrogen and oxygen atoms in total. The molecule has 1 N–H and O–H groups in total. The van der Waals surface area contributed by atoms with Gasteiger partial charge in [-0.3, -0.25) is 4.79 Å². The number of halogens is 1. The molecule has 0 aliphatic rings. The predicted molar refractivity (Wildman–Crippen MR) is 109 cm³/mol. The van der Waals surface area contributed by atoms with Crippen LogP contribution in [0.4, 0.5) is 5.69 Å². The molecule has 1 amide bonds. The van der Waals surface area contributed by atoms with Gasteiger partial charge in [0.15, 0.2) is 18.1 Å². The van der Waals surface area contributed by atoms with Crippen LogP contribution in [-0.2, 0) is 14.3 Å². The molecule has 2 rings (SSSR count). The normalized spacial score (nSPS) is 10.7. The van der Waals surface area contributed by atoms with Gasteiger partial charge in [0.2, 0.25) is 0 Å². The van der Waals surface area contributed by atoms with E-state index in [0.29, 0.717) is 27.8 Å². The summed E-state index contributed by atoms with van der Waals surface area (Å²) in [5.41, 5.74) is 1.78. The minimum Gasteiger partial charge on any atom is -0.493 e. The number of esters is 1. The molecule has 0 aromatic heterocycles. The fourth-order valence-electron chi connectivity index (χ4n) is 2.32. The Morgan fingerprint density at radius 1 is 1.17 bits per heavy atom. The molecule has 0 saturated heterocycles. The Morgan fingerprint density at radius 3 is 2.59 bits per heavy atom. The molecule has 8 heteroatoms. The molecule has 2 aromatic rings. The van der Waals surface area contributed by atoms with Gasteiger partial charge in [0.05, 0.1) is 14.2 Å². The van der Waals surface area contributed by atoms with Gasteiger partial charge in [0, 0.05) is 10.7 Å². The van der Waals surface area contributed by atoms with Gasteiger partial charge in [0.25, 0.3) is 5.91 Å². The maximum absolute atomic E-state index is 12.5. The van der Waals surface area contributed by atoms with E-state index in [4.69, 9.17) is 21.1 Å². The van der Waals surface area contributed by atoms with E-state index < -0.39 is 11.9 Å². The summed E-state index contributed by atoms with van der Waals surface area (Å²) < 4.78 is 15.1. The lowest BCUT2D eigenvalue weighted by molar-refractivity contribution is -0.142. The highest BCUT2D eigenvalue weighted by atomic mass is 35.5. The summed E-state index contributed by atoms with van der Waals surface area (Å²) in [5, 5.41) is 12.6. The Morgan fingerprint density at radius 2 is 1.93 bits per heavy atom. The van der Waals surface area contributed by atoms with Gasteiger partial charge in [-0.2, -0.15) is 5.26 Å². The molecule has 0 fully saturated rings. The maximum atomic E-state index is 12.5. The summed E-state index contributed by atoms with van der Waals surface area (Å²) in [6.45, 7) is 1.55. The van der Waals surface area contributed by atoms with Crippen molar-refractivity contribution in [2.75, 3.05) is 26.1 Å². The third-order valence-electron chi connectivity index (χ3n) is 3.88. The van der Waals surface area contributed by atoms with Crippen molar-refractivity contribution in [2.45, 2.75) is 6.92 Å². The molecule has 0 heterocycles. The Hall–Kier alpha value is -3.50. The zero-order chi connectivity index (χ0) is 21.4. The molecular weight excluding hydrogens is 396 g/mol. The molecule has 0 aliphatic carbocycles. The zero-order valence-corrected chi connectivity index (χ0v) is 16.9. The second kappa shape index (κ2) is 10.2. The number of aryl methyl sites for hydroxylation is 1. The minimum atomic E-state index is -0.567. The lowest BCUT2D eigenvalue weighted by atomic mass is 10.1. The molecule has 0 aliphatic heterocycles. The van der Waals surface area contributed by atoms with Crippen LogP contribution >= 0.6 is 11.6 Å². The number of carbonyl (C=O) groups excluding carboxylic acids is 2. The van der Waals surface area contributed by atoms with E-state index in [1.54, 1.807) is 36.4 Å². The van der Waals surface area contributed by atoms with Gasteiger partial charge >= 0.3 is 5.97 Å². The zero-order valence-electron chi connectivity index (χ0n) is 16.1. The topological polar surface area (TPSA) is 97.7 Å². The van der Waals surface area contributed by atoms with Crippen molar-refractivity contribution in [2.24, 2.45) is 0 Å². The van der Waals surface area contributed by atoms with Crippen molar-refractivity contribution in [3.05, 3.63) is 58.1 Å². The third kappa shape index (κ3) is 5.99. The van der Waals surface area contributed by atoms with Crippen LogP contribution in [0, 0.1) is 18.3 Å². The summed E-state index contributed by atoms with van der Waals surface area (Å²) in [4.78, 5) is 23.7. The van der Waals surface area contributed by atoms with Gasteiger partial charge < -0.3 is 19.5 Å². The summed E-state index contributed by atoms with van der Waals surface area (Å²) in [6.07, 6.45) is 1.42. The molecule has 0 radical (unpaired) electrons. The van der Waals surface area contributed by atoms with Crippen molar-refractivity contribution in [1.82, 2.24) is 0 Å². The molecule has 0 spiro atoms. The Bertz CT molecular complexity index is 995. The first kappa shape index (κ1) is 21.8. The number of benzene rings is 2.